The van der Waals surface area contributed by atoms with E-state index in [0.717, 1.165) is 22.3 Å². The maximum Gasteiger partial charge on any atom is 0.123 e. The van der Waals surface area contributed by atoms with Crippen molar-refractivity contribution in [1.29, 1.82) is 0 Å². The fraction of sp³-hybridized carbons (Fsp3) is 0. The van der Waals surface area contributed by atoms with Crippen LogP contribution in [0.2, 0.25) is 0 Å². The van der Waals surface area contributed by atoms with Crippen LogP contribution in [0.4, 0.5) is 0 Å². The molecule has 0 saturated carbocycles. The third kappa shape index (κ3) is 7.10. The number of para-hydroxylation sites is 2. The maximum atomic E-state index is 9.56. The van der Waals surface area contributed by atoms with E-state index in [1.165, 1.54) is 0 Å². The van der Waals surface area contributed by atoms with Crippen molar-refractivity contribution < 1.29 is 37.9 Å². The van der Waals surface area contributed by atoms with Gasteiger partial charge in [0.05, 0.1) is 0 Å². The van der Waals surface area contributed by atoms with Gasteiger partial charge in [0.1, 0.15) is 11.5 Å². The summed E-state index contributed by atoms with van der Waals surface area (Å²) in [7, 11) is 0. The standard InChI is InChI=1S/2C12H10O.Co.2H2O/c2*13-12-9-5-4-8-11(12)10-6-2-1-3-7-10;;;/h2*1-9,13H;;2*1H2. The van der Waals surface area contributed by atoms with Gasteiger partial charge in [-0.3, -0.25) is 0 Å². The van der Waals surface area contributed by atoms with Gasteiger partial charge in [0.2, 0.25) is 0 Å². The summed E-state index contributed by atoms with van der Waals surface area (Å²) in [5.41, 5.74) is 3.84. The average Bonchev–Trinajstić information content (AvgIpc) is 2.71. The number of aromatic hydroxyl groups is 2. The molecule has 4 rings (SSSR count). The molecule has 1 radical (unpaired) electrons. The first-order valence-corrected chi connectivity index (χ1v) is 8.42. The van der Waals surface area contributed by atoms with Gasteiger partial charge in [0.25, 0.3) is 0 Å². The van der Waals surface area contributed by atoms with Crippen LogP contribution in [0.25, 0.3) is 22.3 Å². The molecule has 0 heterocycles. The molecule has 0 amide bonds. The first-order valence-electron chi connectivity index (χ1n) is 8.42. The Morgan fingerprint density at radius 1 is 0.379 bits per heavy atom. The average molecular weight is 435 g/mol. The van der Waals surface area contributed by atoms with Crippen molar-refractivity contribution in [3.05, 3.63) is 109 Å². The Bertz CT molecular complexity index is 879. The molecule has 4 aromatic rings. The number of hydrogen-bond donors (Lipinski definition) is 2. The van der Waals surface area contributed by atoms with E-state index in [4.69, 9.17) is 0 Å². The predicted molar refractivity (Wildman–Crippen MR) is 114 cm³/mol. The molecule has 0 aliphatic carbocycles. The minimum atomic E-state index is 0. The van der Waals surface area contributed by atoms with Crippen molar-refractivity contribution in [1.82, 2.24) is 0 Å². The van der Waals surface area contributed by atoms with Crippen LogP contribution in [-0.2, 0) is 16.8 Å². The van der Waals surface area contributed by atoms with Crippen molar-refractivity contribution in [2.75, 3.05) is 0 Å². The molecule has 153 valence electrons. The second kappa shape index (κ2) is 13.1. The van der Waals surface area contributed by atoms with Crippen molar-refractivity contribution >= 4 is 0 Å². The van der Waals surface area contributed by atoms with Gasteiger partial charge in [0, 0.05) is 27.9 Å². The van der Waals surface area contributed by atoms with Crippen molar-refractivity contribution in [2.24, 2.45) is 0 Å². The van der Waals surface area contributed by atoms with Crippen LogP contribution in [0.3, 0.4) is 0 Å². The molecule has 0 atom stereocenters. The zero-order valence-corrected chi connectivity index (χ0v) is 16.7. The molecule has 0 bridgehead atoms. The topological polar surface area (TPSA) is 103 Å². The van der Waals surface area contributed by atoms with Crippen LogP contribution < -0.4 is 0 Å². The van der Waals surface area contributed by atoms with Gasteiger partial charge in [-0.05, 0) is 23.3 Å². The Kier molecular flexibility index (Phi) is 11.7. The Labute approximate surface area is 180 Å². The molecule has 0 fully saturated rings. The second-order valence-corrected chi connectivity index (χ2v) is 5.77. The zero-order valence-electron chi connectivity index (χ0n) is 15.6. The first-order chi connectivity index (χ1) is 12.8. The number of benzene rings is 4. The fourth-order valence-electron chi connectivity index (χ4n) is 2.67. The van der Waals surface area contributed by atoms with E-state index in [-0.39, 0.29) is 27.7 Å². The van der Waals surface area contributed by atoms with Crippen LogP contribution in [0.15, 0.2) is 109 Å². The fourth-order valence-corrected chi connectivity index (χ4v) is 2.67. The Balaban J connectivity index is 0.000000490. The summed E-state index contributed by atoms with van der Waals surface area (Å²) in [6.07, 6.45) is 0. The monoisotopic (exact) mass is 435 g/mol. The summed E-state index contributed by atoms with van der Waals surface area (Å²) >= 11 is 0. The van der Waals surface area contributed by atoms with Gasteiger partial charge in [0.15, 0.2) is 0 Å². The normalized spacial score (nSPS) is 8.83. The van der Waals surface area contributed by atoms with Gasteiger partial charge >= 0.3 is 0 Å². The summed E-state index contributed by atoms with van der Waals surface area (Å²) < 4.78 is 0. The van der Waals surface area contributed by atoms with Crippen molar-refractivity contribution in [3.8, 4) is 33.8 Å². The molecule has 0 aliphatic rings. The van der Waals surface area contributed by atoms with E-state index in [2.05, 4.69) is 0 Å². The van der Waals surface area contributed by atoms with Crippen molar-refractivity contribution in [2.45, 2.75) is 0 Å². The van der Waals surface area contributed by atoms with E-state index in [0.29, 0.717) is 11.5 Å². The minimum Gasteiger partial charge on any atom is -0.507 e. The molecule has 6 N–H and O–H groups in total. The van der Waals surface area contributed by atoms with Gasteiger partial charge in [-0.1, -0.05) is 97.1 Å². The number of rotatable bonds is 2. The van der Waals surface area contributed by atoms with E-state index >= 15 is 0 Å². The molecule has 0 aliphatic heterocycles. The van der Waals surface area contributed by atoms with Crippen LogP contribution in [0, 0.1) is 0 Å². The molecule has 4 aromatic carbocycles. The van der Waals surface area contributed by atoms with E-state index in [1.807, 2.05) is 97.1 Å². The quantitative estimate of drug-likeness (QED) is 0.485. The van der Waals surface area contributed by atoms with Gasteiger partial charge in [-0.25, -0.2) is 0 Å². The van der Waals surface area contributed by atoms with Gasteiger partial charge in [-0.15, -0.1) is 0 Å². The van der Waals surface area contributed by atoms with E-state index in [1.54, 1.807) is 12.1 Å². The third-order valence-electron chi connectivity index (χ3n) is 3.98. The Hall–Kier alpha value is -3.09. The summed E-state index contributed by atoms with van der Waals surface area (Å²) in [4.78, 5) is 0. The zero-order chi connectivity index (χ0) is 18.2. The summed E-state index contributed by atoms with van der Waals surface area (Å²) in [6.45, 7) is 0. The maximum absolute atomic E-state index is 9.56. The van der Waals surface area contributed by atoms with Crippen molar-refractivity contribution in [3.63, 3.8) is 0 Å². The third-order valence-corrected chi connectivity index (χ3v) is 3.98. The number of phenols is 2. The molecule has 5 heteroatoms. The molecule has 0 unspecified atom stereocenters. The molecule has 29 heavy (non-hydrogen) atoms. The molecular formula is C24H24CoO4. The second-order valence-electron chi connectivity index (χ2n) is 5.77. The summed E-state index contributed by atoms with van der Waals surface area (Å²) in [5, 5.41) is 19.1. The summed E-state index contributed by atoms with van der Waals surface area (Å²) in [5.74, 6) is 0.655. The molecule has 0 spiro atoms. The smallest absolute Gasteiger partial charge is 0.123 e. The Morgan fingerprint density at radius 3 is 0.966 bits per heavy atom. The number of hydrogen-bond acceptors (Lipinski definition) is 2. The largest absolute Gasteiger partial charge is 0.507 e. The number of phenolic OH excluding ortho intramolecular Hbond substituents is 2. The molecule has 0 saturated heterocycles. The minimum absolute atomic E-state index is 0. The van der Waals surface area contributed by atoms with E-state index < -0.39 is 0 Å². The molecule has 0 aromatic heterocycles. The molecule has 4 nitrogen and oxygen atoms in total. The predicted octanol–water partition coefficient (Wildman–Crippen LogP) is 4.47. The van der Waals surface area contributed by atoms with Gasteiger partial charge in [-0.2, -0.15) is 0 Å². The molecular weight excluding hydrogens is 411 g/mol. The summed E-state index contributed by atoms with van der Waals surface area (Å²) in [6, 6.07) is 34.4. The van der Waals surface area contributed by atoms with Crippen LogP contribution in [0.5, 0.6) is 11.5 Å². The van der Waals surface area contributed by atoms with Crippen LogP contribution in [-0.4, -0.2) is 21.2 Å². The van der Waals surface area contributed by atoms with Crippen LogP contribution >= 0.6 is 0 Å². The Morgan fingerprint density at radius 2 is 0.655 bits per heavy atom. The SMILES string of the molecule is O.O.Oc1ccccc1-c1ccccc1.Oc1ccccc1-c1ccccc1.[Co]. The van der Waals surface area contributed by atoms with Gasteiger partial charge < -0.3 is 21.2 Å². The van der Waals surface area contributed by atoms with Crippen LogP contribution in [0.1, 0.15) is 0 Å². The van der Waals surface area contributed by atoms with E-state index in [9.17, 15) is 10.2 Å². The first kappa shape index (κ1) is 25.9.